The normalized spacial score (nSPS) is 10.9. The van der Waals surface area contributed by atoms with Crippen LogP contribution in [-0.4, -0.2) is 19.0 Å². The fraction of sp³-hybridized carbons (Fsp3) is 0.381. The number of hydrogen-bond acceptors (Lipinski definition) is 2. The molecule has 0 aliphatic heterocycles. The van der Waals surface area contributed by atoms with Gasteiger partial charge in [-0.3, -0.25) is 0 Å². The number of halogens is 1. The second kappa shape index (κ2) is 13.6. The number of hydrogen-bond donors (Lipinski definition) is 2. The Kier molecular flexibility index (Phi) is 11.7. The van der Waals surface area contributed by atoms with E-state index in [4.69, 9.17) is 4.74 Å². The Hall–Kier alpha value is -1.60. The van der Waals surface area contributed by atoms with Gasteiger partial charge in [-0.15, -0.1) is 24.0 Å². The van der Waals surface area contributed by atoms with Gasteiger partial charge in [0.2, 0.25) is 0 Å². The highest BCUT2D eigenvalue weighted by atomic mass is 127. The molecule has 2 aromatic rings. The van der Waals surface area contributed by atoms with Crippen LogP contribution in [0.2, 0.25) is 0 Å². The summed E-state index contributed by atoms with van der Waals surface area (Å²) in [6.45, 7) is 7.96. The molecule has 0 atom stereocenters. The summed E-state index contributed by atoms with van der Waals surface area (Å²) in [7, 11) is 0. The minimum absolute atomic E-state index is 0. The Bertz CT molecular complexity index is 629. The van der Waals surface area contributed by atoms with Crippen LogP contribution in [-0.2, 0) is 24.5 Å². The molecule has 0 radical (unpaired) electrons. The molecule has 142 valence electrons. The minimum Gasteiger partial charge on any atom is -0.372 e. The zero-order chi connectivity index (χ0) is 17.7. The first-order valence-electron chi connectivity index (χ1n) is 9.03. The first-order chi connectivity index (χ1) is 12.3. The average molecular weight is 467 g/mol. The van der Waals surface area contributed by atoms with Gasteiger partial charge in [0, 0.05) is 13.1 Å². The van der Waals surface area contributed by atoms with Gasteiger partial charge in [-0.05, 0) is 30.0 Å². The van der Waals surface area contributed by atoms with Gasteiger partial charge in [-0.25, -0.2) is 4.99 Å². The fourth-order valence-electron chi connectivity index (χ4n) is 2.36. The van der Waals surface area contributed by atoms with Gasteiger partial charge >= 0.3 is 0 Å². The number of nitrogens with zero attached hydrogens (tertiary/aromatic N) is 1. The number of aliphatic imine (C=N–C) groups is 1. The standard InChI is InChI=1S/C21H29N3O.HI/c1-3-14-23-21(22-4-2)24-15-18-10-12-20(13-11-18)17-25-16-19-8-6-5-7-9-19;/h5-13H,3-4,14-17H2,1-2H3,(H2,22,23,24);1H. The molecule has 0 fully saturated rings. The Morgan fingerprint density at radius 1 is 0.846 bits per heavy atom. The lowest BCUT2D eigenvalue weighted by Crippen LogP contribution is -2.37. The largest absolute Gasteiger partial charge is 0.372 e. The van der Waals surface area contributed by atoms with E-state index in [2.05, 4.69) is 65.9 Å². The molecular weight excluding hydrogens is 437 g/mol. The molecule has 0 saturated heterocycles. The number of rotatable bonds is 9. The van der Waals surface area contributed by atoms with Crippen molar-refractivity contribution < 1.29 is 4.74 Å². The summed E-state index contributed by atoms with van der Waals surface area (Å²) in [6, 6.07) is 18.7. The molecule has 0 aromatic heterocycles. The lowest BCUT2D eigenvalue weighted by Gasteiger charge is -2.10. The van der Waals surface area contributed by atoms with Crippen LogP contribution < -0.4 is 10.6 Å². The monoisotopic (exact) mass is 467 g/mol. The third-order valence-corrected chi connectivity index (χ3v) is 3.71. The van der Waals surface area contributed by atoms with Crippen molar-refractivity contribution >= 4 is 29.9 Å². The van der Waals surface area contributed by atoms with Crippen molar-refractivity contribution in [3.63, 3.8) is 0 Å². The van der Waals surface area contributed by atoms with Crippen molar-refractivity contribution in [2.75, 3.05) is 13.1 Å². The highest BCUT2D eigenvalue weighted by Gasteiger charge is 1.98. The lowest BCUT2D eigenvalue weighted by molar-refractivity contribution is 0.107. The molecule has 0 unspecified atom stereocenters. The van der Waals surface area contributed by atoms with Gasteiger partial charge in [0.25, 0.3) is 0 Å². The fourth-order valence-corrected chi connectivity index (χ4v) is 2.36. The number of guanidine groups is 1. The van der Waals surface area contributed by atoms with Crippen molar-refractivity contribution in [1.29, 1.82) is 0 Å². The van der Waals surface area contributed by atoms with Crippen molar-refractivity contribution in [3.8, 4) is 0 Å². The maximum atomic E-state index is 5.77. The molecule has 0 bridgehead atoms. The minimum atomic E-state index is 0. The lowest BCUT2D eigenvalue weighted by atomic mass is 10.1. The summed E-state index contributed by atoms with van der Waals surface area (Å²) in [4.78, 5) is 4.62. The maximum absolute atomic E-state index is 5.77. The number of nitrogens with one attached hydrogen (secondary N) is 2. The van der Waals surface area contributed by atoms with Gasteiger partial charge in [0.15, 0.2) is 5.96 Å². The van der Waals surface area contributed by atoms with Crippen LogP contribution in [0.5, 0.6) is 0 Å². The molecule has 0 heterocycles. The molecule has 2 aromatic carbocycles. The summed E-state index contributed by atoms with van der Waals surface area (Å²) >= 11 is 0. The van der Waals surface area contributed by atoms with Crippen molar-refractivity contribution in [2.24, 2.45) is 4.99 Å². The quantitative estimate of drug-likeness (QED) is 0.325. The van der Waals surface area contributed by atoms with Crippen molar-refractivity contribution in [3.05, 3.63) is 71.3 Å². The summed E-state index contributed by atoms with van der Waals surface area (Å²) in [5.74, 6) is 0.875. The SMILES string of the molecule is CCCNC(=NCc1ccc(COCc2ccccc2)cc1)NCC.I. The van der Waals surface area contributed by atoms with E-state index in [-0.39, 0.29) is 24.0 Å². The molecule has 0 spiro atoms. The van der Waals surface area contributed by atoms with Crippen LogP contribution in [0.15, 0.2) is 59.6 Å². The van der Waals surface area contributed by atoms with E-state index in [1.807, 2.05) is 18.2 Å². The highest BCUT2D eigenvalue weighted by Crippen LogP contribution is 2.09. The smallest absolute Gasteiger partial charge is 0.191 e. The van der Waals surface area contributed by atoms with E-state index in [1.165, 1.54) is 16.7 Å². The Morgan fingerprint density at radius 3 is 2.08 bits per heavy atom. The van der Waals surface area contributed by atoms with Gasteiger partial charge in [-0.1, -0.05) is 61.5 Å². The first-order valence-corrected chi connectivity index (χ1v) is 9.03. The molecule has 2 rings (SSSR count). The van der Waals surface area contributed by atoms with E-state index in [9.17, 15) is 0 Å². The second-order valence-electron chi connectivity index (χ2n) is 5.92. The summed E-state index contributed by atoms with van der Waals surface area (Å²) < 4.78 is 5.77. The maximum Gasteiger partial charge on any atom is 0.191 e. The summed E-state index contributed by atoms with van der Waals surface area (Å²) in [6.07, 6.45) is 1.09. The van der Waals surface area contributed by atoms with Gasteiger partial charge in [-0.2, -0.15) is 0 Å². The van der Waals surface area contributed by atoms with Crippen LogP contribution in [0.4, 0.5) is 0 Å². The second-order valence-corrected chi connectivity index (χ2v) is 5.92. The predicted octanol–water partition coefficient (Wildman–Crippen LogP) is 4.49. The molecule has 26 heavy (non-hydrogen) atoms. The van der Waals surface area contributed by atoms with Crippen LogP contribution in [0.1, 0.15) is 37.0 Å². The highest BCUT2D eigenvalue weighted by molar-refractivity contribution is 14.0. The summed E-state index contributed by atoms with van der Waals surface area (Å²) in [5, 5.41) is 6.58. The van der Waals surface area contributed by atoms with E-state index in [0.717, 1.165) is 25.5 Å². The average Bonchev–Trinajstić information content (AvgIpc) is 2.66. The molecular formula is C21H30IN3O. The van der Waals surface area contributed by atoms with Crippen LogP contribution >= 0.6 is 24.0 Å². The van der Waals surface area contributed by atoms with Gasteiger partial charge < -0.3 is 15.4 Å². The summed E-state index contributed by atoms with van der Waals surface area (Å²) in [5.41, 5.74) is 3.57. The molecule has 0 saturated carbocycles. The number of benzene rings is 2. The molecule has 0 aliphatic rings. The zero-order valence-electron chi connectivity index (χ0n) is 15.7. The topological polar surface area (TPSA) is 45.7 Å². The third kappa shape index (κ3) is 8.67. The molecule has 4 nitrogen and oxygen atoms in total. The van der Waals surface area contributed by atoms with Crippen molar-refractivity contribution in [2.45, 2.75) is 40.0 Å². The van der Waals surface area contributed by atoms with Crippen molar-refractivity contribution in [1.82, 2.24) is 10.6 Å². The molecule has 0 amide bonds. The van der Waals surface area contributed by atoms with Crippen LogP contribution in [0.3, 0.4) is 0 Å². The van der Waals surface area contributed by atoms with Crippen LogP contribution in [0, 0.1) is 0 Å². The number of ether oxygens (including phenoxy) is 1. The third-order valence-electron chi connectivity index (χ3n) is 3.71. The van der Waals surface area contributed by atoms with E-state index in [1.54, 1.807) is 0 Å². The predicted molar refractivity (Wildman–Crippen MR) is 120 cm³/mol. The van der Waals surface area contributed by atoms with Gasteiger partial charge in [0.05, 0.1) is 19.8 Å². The zero-order valence-corrected chi connectivity index (χ0v) is 18.0. The molecule has 0 aliphatic carbocycles. The first kappa shape index (κ1) is 22.4. The van der Waals surface area contributed by atoms with E-state index in [0.29, 0.717) is 19.8 Å². The Labute approximate surface area is 174 Å². The molecule has 2 N–H and O–H groups in total. The Balaban J connectivity index is 0.00000338. The van der Waals surface area contributed by atoms with E-state index < -0.39 is 0 Å². The van der Waals surface area contributed by atoms with Crippen LogP contribution in [0.25, 0.3) is 0 Å². The van der Waals surface area contributed by atoms with Gasteiger partial charge in [0.1, 0.15) is 0 Å². The molecule has 5 heteroatoms. The van der Waals surface area contributed by atoms with E-state index >= 15 is 0 Å². The Morgan fingerprint density at radius 2 is 1.46 bits per heavy atom.